The van der Waals surface area contributed by atoms with E-state index in [9.17, 15) is 0 Å². The second-order valence-corrected chi connectivity index (χ2v) is 6.49. The molecule has 1 aromatic rings. The van der Waals surface area contributed by atoms with Crippen molar-refractivity contribution in [2.75, 3.05) is 18.0 Å². The van der Waals surface area contributed by atoms with Crippen LogP contribution in [-0.4, -0.2) is 29.1 Å². The zero-order valence-electron chi connectivity index (χ0n) is 13.2. The van der Waals surface area contributed by atoms with Gasteiger partial charge in [-0.15, -0.1) is 0 Å². The summed E-state index contributed by atoms with van der Waals surface area (Å²) in [5.41, 5.74) is 1.07. The van der Waals surface area contributed by atoms with Crippen molar-refractivity contribution in [1.29, 1.82) is 0 Å². The lowest BCUT2D eigenvalue weighted by molar-refractivity contribution is 0.242. The van der Waals surface area contributed by atoms with Crippen molar-refractivity contribution < 1.29 is 0 Å². The Balaban J connectivity index is 1.71. The van der Waals surface area contributed by atoms with Gasteiger partial charge in [0, 0.05) is 25.3 Å². The third kappa shape index (κ3) is 3.54. The summed E-state index contributed by atoms with van der Waals surface area (Å²) in [6, 6.07) is 0.709. The number of nitrogens with zero attached hydrogens (tertiary/aromatic N) is 3. The topological polar surface area (TPSA) is 41.1 Å². The molecule has 4 nitrogen and oxygen atoms in total. The van der Waals surface area contributed by atoms with Gasteiger partial charge >= 0.3 is 0 Å². The predicted molar refractivity (Wildman–Crippen MR) is 86.4 cm³/mol. The fourth-order valence-electron chi connectivity index (χ4n) is 3.92. The highest BCUT2D eigenvalue weighted by molar-refractivity contribution is 5.39. The molecule has 1 saturated carbocycles. The van der Waals surface area contributed by atoms with Crippen molar-refractivity contribution in [2.45, 2.75) is 64.5 Å². The highest BCUT2D eigenvalue weighted by Gasteiger charge is 2.33. The molecule has 1 saturated heterocycles. The number of piperidine rings is 1. The maximum absolute atomic E-state index is 4.86. The van der Waals surface area contributed by atoms with Crippen molar-refractivity contribution in [1.82, 2.24) is 15.3 Å². The number of anilines is 1. The van der Waals surface area contributed by atoms with Crippen LogP contribution in [0.2, 0.25) is 0 Å². The largest absolute Gasteiger partial charge is 0.352 e. The Bertz CT molecular complexity index is 446. The zero-order valence-corrected chi connectivity index (χ0v) is 13.2. The van der Waals surface area contributed by atoms with Crippen LogP contribution in [0.5, 0.6) is 0 Å². The summed E-state index contributed by atoms with van der Waals surface area (Å²) in [6.07, 6.45) is 13.3. The number of nitrogens with one attached hydrogen (secondary N) is 1. The Morgan fingerprint density at radius 2 is 2.05 bits per heavy atom. The van der Waals surface area contributed by atoms with Gasteiger partial charge in [0.05, 0.1) is 11.9 Å². The number of hydrogen-bond donors (Lipinski definition) is 1. The van der Waals surface area contributed by atoms with Gasteiger partial charge in [-0.3, -0.25) is 4.98 Å². The fraction of sp³-hybridized carbons (Fsp3) is 0.765. The molecule has 0 spiro atoms. The van der Waals surface area contributed by atoms with Crippen molar-refractivity contribution >= 4 is 5.82 Å². The molecular weight excluding hydrogens is 260 g/mol. The SMILES string of the molecule is CCCNCc1cncc(N2CCC[C@H]3CCCC[C@H]32)n1. The summed E-state index contributed by atoms with van der Waals surface area (Å²) in [5.74, 6) is 1.98. The lowest BCUT2D eigenvalue weighted by atomic mass is 9.78. The molecule has 0 unspecified atom stereocenters. The van der Waals surface area contributed by atoms with Crippen molar-refractivity contribution in [3.05, 3.63) is 18.1 Å². The standard InChI is InChI=1S/C17H28N4/c1-2-9-18-11-15-12-19-13-17(20-15)21-10-5-7-14-6-3-4-8-16(14)21/h12-14,16,18H,2-11H2,1H3/t14-,16-/m1/s1. The number of hydrogen-bond acceptors (Lipinski definition) is 4. The summed E-state index contributed by atoms with van der Waals surface area (Å²) in [5, 5.41) is 3.42. The lowest BCUT2D eigenvalue weighted by Gasteiger charge is -2.44. The molecule has 1 aromatic heterocycles. The number of fused-ring (bicyclic) bond motifs is 1. The maximum Gasteiger partial charge on any atom is 0.147 e. The van der Waals surface area contributed by atoms with Crippen LogP contribution in [0.25, 0.3) is 0 Å². The molecule has 0 amide bonds. The van der Waals surface area contributed by atoms with Gasteiger partial charge < -0.3 is 10.2 Å². The van der Waals surface area contributed by atoms with Crippen LogP contribution in [-0.2, 0) is 6.54 Å². The van der Waals surface area contributed by atoms with E-state index in [2.05, 4.69) is 22.1 Å². The number of aromatic nitrogens is 2. The third-order valence-electron chi connectivity index (χ3n) is 4.94. The Labute approximate surface area is 128 Å². The predicted octanol–water partition coefficient (Wildman–Crippen LogP) is 3.14. The minimum atomic E-state index is 0.709. The van der Waals surface area contributed by atoms with Gasteiger partial charge in [-0.1, -0.05) is 19.8 Å². The Morgan fingerprint density at radius 1 is 1.19 bits per heavy atom. The molecule has 116 valence electrons. The van der Waals surface area contributed by atoms with Gasteiger partial charge in [0.15, 0.2) is 0 Å². The van der Waals surface area contributed by atoms with Gasteiger partial charge in [-0.25, -0.2) is 4.98 Å². The summed E-state index contributed by atoms with van der Waals surface area (Å²) in [7, 11) is 0. The van der Waals surface area contributed by atoms with Gasteiger partial charge in [-0.05, 0) is 44.6 Å². The maximum atomic E-state index is 4.86. The van der Waals surface area contributed by atoms with Crippen LogP contribution in [0.15, 0.2) is 12.4 Å². The van der Waals surface area contributed by atoms with E-state index < -0.39 is 0 Å². The molecule has 0 aromatic carbocycles. The van der Waals surface area contributed by atoms with Gasteiger partial charge in [0.25, 0.3) is 0 Å². The second kappa shape index (κ2) is 7.21. The van der Waals surface area contributed by atoms with E-state index in [1.54, 1.807) is 0 Å². The van der Waals surface area contributed by atoms with Crippen LogP contribution in [0.3, 0.4) is 0 Å². The molecule has 2 aliphatic rings. The van der Waals surface area contributed by atoms with Crippen molar-refractivity contribution in [2.24, 2.45) is 5.92 Å². The van der Waals surface area contributed by atoms with Crippen molar-refractivity contribution in [3.63, 3.8) is 0 Å². The Hall–Kier alpha value is -1.16. The molecule has 1 aliphatic carbocycles. The smallest absolute Gasteiger partial charge is 0.147 e. The van der Waals surface area contributed by atoms with E-state index in [1.807, 2.05) is 12.4 Å². The quantitative estimate of drug-likeness (QED) is 0.845. The molecule has 3 rings (SSSR count). The Kier molecular flexibility index (Phi) is 5.07. The molecule has 4 heteroatoms. The molecule has 1 N–H and O–H groups in total. The van der Waals surface area contributed by atoms with Crippen LogP contribution in [0, 0.1) is 5.92 Å². The first kappa shape index (κ1) is 14.8. The van der Waals surface area contributed by atoms with Crippen LogP contribution >= 0.6 is 0 Å². The third-order valence-corrected chi connectivity index (χ3v) is 4.94. The van der Waals surface area contributed by atoms with E-state index in [-0.39, 0.29) is 0 Å². The summed E-state index contributed by atoms with van der Waals surface area (Å²) in [6.45, 7) is 5.21. The average Bonchev–Trinajstić information content (AvgIpc) is 2.55. The molecule has 0 bridgehead atoms. The molecule has 2 fully saturated rings. The fourth-order valence-corrected chi connectivity index (χ4v) is 3.92. The molecule has 0 radical (unpaired) electrons. The van der Waals surface area contributed by atoms with E-state index in [0.717, 1.165) is 43.5 Å². The summed E-state index contributed by atoms with van der Waals surface area (Å²) < 4.78 is 0. The van der Waals surface area contributed by atoms with E-state index in [4.69, 9.17) is 4.98 Å². The Morgan fingerprint density at radius 3 is 2.95 bits per heavy atom. The second-order valence-electron chi connectivity index (χ2n) is 6.49. The average molecular weight is 288 g/mol. The number of rotatable bonds is 5. The normalized spacial score (nSPS) is 25.7. The molecule has 21 heavy (non-hydrogen) atoms. The van der Waals surface area contributed by atoms with Crippen LogP contribution in [0.4, 0.5) is 5.82 Å². The minimum Gasteiger partial charge on any atom is -0.352 e. The van der Waals surface area contributed by atoms with E-state index in [0.29, 0.717) is 6.04 Å². The first-order valence-corrected chi connectivity index (χ1v) is 8.66. The van der Waals surface area contributed by atoms with Gasteiger partial charge in [0.2, 0.25) is 0 Å². The highest BCUT2D eigenvalue weighted by atomic mass is 15.2. The van der Waals surface area contributed by atoms with E-state index in [1.165, 1.54) is 38.5 Å². The van der Waals surface area contributed by atoms with E-state index >= 15 is 0 Å². The van der Waals surface area contributed by atoms with Crippen LogP contribution in [0.1, 0.15) is 57.6 Å². The molecule has 2 atom stereocenters. The van der Waals surface area contributed by atoms with Gasteiger partial charge in [0.1, 0.15) is 5.82 Å². The first-order chi connectivity index (χ1) is 10.4. The minimum absolute atomic E-state index is 0.709. The van der Waals surface area contributed by atoms with Gasteiger partial charge in [-0.2, -0.15) is 0 Å². The molecule has 1 aliphatic heterocycles. The first-order valence-electron chi connectivity index (χ1n) is 8.66. The van der Waals surface area contributed by atoms with Crippen LogP contribution < -0.4 is 10.2 Å². The summed E-state index contributed by atoms with van der Waals surface area (Å²) >= 11 is 0. The van der Waals surface area contributed by atoms with Crippen molar-refractivity contribution in [3.8, 4) is 0 Å². The molecule has 2 heterocycles. The lowest BCUT2D eigenvalue weighted by Crippen LogP contribution is -2.47. The summed E-state index contributed by atoms with van der Waals surface area (Å²) in [4.78, 5) is 11.8. The molecular formula is C17H28N4. The zero-order chi connectivity index (χ0) is 14.5. The highest BCUT2D eigenvalue weighted by Crippen LogP contribution is 2.36. The monoisotopic (exact) mass is 288 g/mol.